The predicted octanol–water partition coefficient (Wildman–Crippen LogP) is 1.99. The molecule has 0 aliphatic carbocycles. The first-order valence-electron chi connectivity index (χ1n) is 5.15. The number of benzene rings is 1. The Morgan fingerprint density at radius 3 is 2.94 bits per heavy atom. The van der Waals surface area contributed by atoms with Gasteiger partial charge in [-0.05, 0) is 30.2 Å². The van der Waals surface area contributed by atoms with Gasteiger partial charge in [0.15, 0.2) is 0 Å². The first-order chi connectivity index (χ1) is 8.13. The van der Waals surface area contributed by atoms with Gasteiger partial charge in [0.2, 0.25) is 5.91 Å². The largest absolute Gasteiger partial charge is 0.396 e. The smallest absolute Gasteiger partial charge is 0.244 e. The molecule has 0 aliphatic heterocycles. The average molecular weight is 258 g/mol. The van der Waals surface area contributed by atoms with E-state index in [1.165, 1.54) is 24.3 Å². The summed E-state index contributed by atoms with van der Waals surface area (Å²) in [6.07, 6.45) is 3.39. The molecular formula is C12H13ClFNO2. The average Bonchev–Trinajstić information content (AvgIpc) is 2.31. The van der Waals surface area contributed by atoms with Gasteiger partial charge in [-0.25, -0.2) is 4.39 Å². The lowest BCUT2D eigenvalue weighted by atomic mass is 10.2. The molecule has 17 heavy (non-hydrogen) atoms. The molecule has 0 spiro atoms. The van der Waals surface area contributed by atoms with Crippen LogP contribution in [0.5, 0.6) is 0 Å². The normalized spacial score (nSPS) is 10.8. The van der Waals surface area contributed by atoms with Crippen LogP contribution in [0.3, 0.4) is 0 Å². The van der Waals surface area contributed by atoms with E-state index in [1.807, 2.05) is 0 Å². The third-order valence-corrected chi connectivity index (χ3v) is 2.29. The summed E-state index contributed by atoms with van der Waals surface area (Å²) in [5.74, 6) is -0.755. The van der Waals surface area contributed by atoms with Crippen molar-refractivity contribution in [1.29, 1.82) is 0 Å². The van der Waals surface area contributed by atoms with E-state index in [4.69, 9.17) is 16.7 Å². The molecule has 0 saturated heterocycles. The molecular weight excluding hydrogens is 245 g/mol. The summed E-state index contributed by atoms with van der Waals surface area (Å²) >= 11 is 5.59. The van der Waals surface area contributed by atoms with Crippen LogP contribution in [0.15, 0.2) is 24.3 Å². The van der Waals surface area contributed by atoms with Gasteiger partial charge in [0.05, 0.1) is 5.02 Å². The van der Waals surface area contributed by atoms with E-state index in [2.05, 4.69) is 5.32 Å². The van der Waals surface area contributed by atoms with Crippen molar-refractivity contribution in [3.8, 4) is 0 Å². The lowest BCUT2D eigenvalue weighted by molar-refractivity contribution is -0.116. The highest BCUT2D eigenvalue weighted by molar-refractivity contribution is 6.30. The molecule has 1 rings (SSSR count). The van der Waals surface area contributed by atoms with Crippen LogP contribution in [-0.2, 0) is 4.79 Å². The number of hydrogen-bond acceptors (Lipinski definition) is 2. The topological polar surface area (TPSA) is 49.3 Å². The van der Waals surface area contributed by atoms with E-state index in [0.29, 0.717) is 18.5 Å². The van der Waals surface area contributed by atoms with Gasteiger partial charge in [0.1, 0.15) is 5.82 Å². The van der Waals surface area contributed by atoms with E-state index in [1.54, 1.807) is 6.08 Å². The maximum absolute atomic E-state index is 12.8. The number of nitrogens with one attached hydrogen (secondary N) is 1. The van der Waals surface area contributed by atoms with Crippen molar-refractivity contribution < 1.29 is 14.3 Å². The molecule has 0 radical (unpaired) electrons. The lowest BCUT2D eigenvalue weighted by Crippen LogP contribution is -2.22. The fourth-order valence-electron chi connectivity index (χ4n) is 1.14. The summed E-state index contributed by atoms with van der Waals surface area (Å²) in [7, 11) is 0. The summed E-state index contributed by atoms with van der Waals surface area (Å²) in [5.41, 5.74) is 0.647. The molecule has 0 heterocycles. The summed E-state index contributed by atoms with van der Waals surface area (Å²) in [4.78, 5) is 11.3. The van der Waals surface area contributed by atoms with Crippen LogP contribution in [0.1, 0.15) is 12.0 Å². The highest BCUT2D eigenvalue weighted by Gasteiger charge is 1.99. The molecule has 2 N–H and O–H groups in total. The second-order valence-electron chi connectivity index (χ2n) is 3.38. The minimum absolute atomic E-state index is 0.0211. The Balaban J connectivity index is 2.52. The number of aliphatic hydroxyl groups excluding tert-OH is 1. The number of rotatable bonds is 5. The van der Waals surface area contributed by atoms with E-state index in [0.717, 1.165) is 0 Å². The number of carbonyl (C=O) groups excluding carboxylic acids is 1. The van der Waals surface area contributed by atoms with Crippen LogP contribution in [0, 0.1) is 5.82 Å². The van der Waals surface area contributed by atoms with Crippen LogP contribution in [0.2, 0.25) is 5.02 Å². The molecule has 0 aromatic heterocycles. The second-order valence-corrected chi connectivity index (χ2v) is 3.78. The summed E-state index contributed by atoms with van der Waals surface area (Å²) in [6.45, 7) is 0.460. The van der Waals surface area contributed by atoms with E-state index < -0.39 is 5.82 Å². The molecule has 5 heteroatoms. The SMILES string of the molecule is O=C(/C=C/c1ccc(F)c(Cl)c1)NCCCO. The molecule has 1 aromatic rings. The fraction of sp³-hybridized carbons (Fsp3) is 0.250. The van der Waals surface area contributed by atoms with E-state index in [9.17, 15) is 9.18 Å². The molecule has 0 bridgehead atoms. The Bertz CT molecular complexity index is 421. The molecule has 0 unspecified atom stereocenters. The van der Waals surface area contributed by atoms with Gasteiger partial charge in [-0.3, -0.25) is 4.79 Å². The monoisotopic (exact) mass is 257 g/mol. The van der Waals surface area contributed by atoms with Gasteiger partial charge in [-0.1, -0.05) is 17.7 Å². The molecule has 0 fully saturated rings. The molecule has 1 aromatic carbocycles. The fourth-order valence-corrected chi connectivity index (χ4v) is 1.33. The molecule has 1 amide bonds. The Morgan fingerprint density at radius 1 is 1.53 bits per heavy atom. The minimum Gasteiger partial charge on any atom is -0.396 e. The predicted molar refractivity (Wildman–Crippen MR) is 65.2 cm³/mol. The highest BCUT2D eigenvalue weighted by Crippen LogP contribution is 2.16. The van der Waals surface area contributed by atoms with Gasteiger partial charge >= 0.3 is 0 Å². The molecule has 92 valence electrons. The molecule has 0 saturated carbocycles. The van der Waals surface area contributed by atoms with Crippen LogP contribution in [0.25, 0.3) is 6.08 Å². The maximum atomic E-state index is 12.8. The van der Waals surface area contributed by atoms with Gasteiger partial charge in [-0.2, -0.15) is 0 Å². The van der Waals surface area contributed by atoms with Crippen molar-refractivity contribution in [1.82, 2.24) is 5.32 Å². The van der Waals surface area contributed by atoms with Crippen molar-refractivity contribution in [2.75, 3.05) is 13.2 Å². The zero-order valence-electron chi connectivity index (χ0n) is 9.12. The van der Waals surface area contributed by atoms with Crippen molar-refractivity contribution in [2.24, 2.45) is 0 Å². The van der Waals surface area contributed by atoms with Crippen molar-refractivity contribution in [3.05, 3.63) is 40.7 Å². The number of amides is 1. The Hall–Kier alpha value is -1.39. The highest BCUT2D eigenvalue weighted by atomic mass is 35.5. The molecule has 0 aliphatic rings. The van der Waals surface area contributed by atoms with Crippen LogP contribution in [-0.4, -0.2) is 24.2 Å². The van der Waals surface area contributed by atoms with Gasteiger partial charge in [-0.15, -0.1) is 0 Å². The number of hydrogen-bond donors (Lipinski definition) is 2. The van der Waals surface area contributed by atoms with Crippen LogP contribution >= 0.6 is 11.6 Å². The Labute approximate surface area is 104 Å². The maximum Gasteiger partial charge on any atom is 0.244 e. The van der Waals surface area contributed by atoms with Crippen molar-refractivity contribution >= 4 is 23.6 Å². The zero-order chi connectivity index (χ0) is 12.7. The zero-order valence-corrected chi connectivity index (χ0v) is 9.88. The molecule has 0 atom stereocenters. The van der Waals surface area contributed by atoms with Gasteiger partial charge < -0.3 is 10.4 Å². The van der Waals surface area contributed by atoms with Gasteiger partial charge in [0.25, 0.3) is 0 Å². The second kappa shape index (κ2) is 7.04. The van der Waals surface area contributed by atoms with Crippen molar-refractivity contribution in [3.63, 3.8) is 0 Å². The number of halogens is 2. The quantitative estimate of drug-likeness (QED) is 0.626. The third kappa shape index (κ3) is 4.97. The first kappa shape index (κ1) is 13.7. The number of aliphatic hydroxyl groups is 1. The number of carbonyl (C=O) groups is 1. The van der Waals surface area contributed by atoms with E-state index in [-0.39, 0.29) is 17.5 Å². The third-order valence-electron chi connectivity index (χ3n) is 2.00. The summed E-state index contributed by atoms with van der Waals surface area (Å²) < 4.78 is 12.8. The Kier molecular flexibility index (Phi) is 5.66. The minimum atomic E-state index is -0.490. The molecule has 3 nitrogen and oxygen atoms in total. The Morgan fingerprint density at radius 2 is 2.29 bits per heavy atom. The summed E-state index contributed by atoms with van der Waals surface area (Å²) in [5, 5.41) is 11.1. The van der Waals surface area contributed by atoms with E-state index >= 15 is 0 Å². The van der Waals surface area contributed by atoms with Crippen molar-refractivity contribution in [2.45, 2.75) is 6.42 Å². The van der Waals surface area contributed by atoms with Crippen LogP contribution in [0.4, 0.5) is 4.39 Å². The van der Waals surface area contributed by atoms with Gasteiger partial charge in [0, 0.05) is 19.2 Å². The first-order valence-corrected chi connectivity index (χ1v) is 5.53. The lowest BCUT2D eigenvalue weighted by Gasteiger charge is -1.99. The standard InChI is InChI=1S/C12H13ClFNO2/c13-10-8-9(2-4-11(10)14)3-5-12(17)15-6-1-7-16/h2-5,8,16H,1,6-7H2,(H,15,17)/b5-3+. The van der Waals surface area contributed by atoms with Crippen LogP contribution < -0.4 is 5.32 Å². The summed E-state index contributed by atoms with van der Waals surface area (Å²) in [6, 6.07) is 4.21.